The van der Waals surface area contributed by atoms with Gasteiger partial charge in [-0.1, -0.05) is 11.6 Å². The lowest BCUT2D eigenvalue weighted by molar-refractivity contribution is 0.354. The quantitative estimate of drug-likeness (QED) is 0.885. The number of hydrogen-bond donors (Lipinski definition) is 1. The second kappa shape index (κ2) is 6.13. The Kier molecular flexibility index (Phi) is 4.73. The molecule has 1 aromatic carbocycles. The molecule has 2 aromatic rings. The second-order valence-electron chi connectivity index (χ2n) is 3.89. The Morgan fingerprint density at radius 1 is 1.26 bits per heavy atom. The summed E-state index contributed by atoms with van der Waals surface area (Å²) in [5.41, 5.74) is 8.17. The summed E-state index contributed by atoms with van der Waals surface area (Å²) >= 11 is 11.3. The zero-order chi connectivity index (χ0) is 14.0. The monoisotopic (exact) mass is 361 g/mol. The number of ether oxygens (including phenoxy) is 2. The van der Waals surface area contributed by atoms with Crippen LogP contribution in [-0.2, 0) is 0 Å². The Hall–Kier alpha value is -0.750. The van der Waals surface area contributed by atoms with Gasteiger partial charge in [-0.25, -0.2) is 0 Å². The van der Waals surface area contributed by atoms with Crippen molar-refractivity contribution in [2.75, 3.05) is 14.2 Å². The highest BCUT2D eigenvalue weighted by Crippen LogP contribution is 2.39. The lowest BCUT2D eigenvalue weighted by Crippen LogP contribution is -2.12. The van der Waals surface area contributed by atoms with Gasteiger partial charge in [-0.05, 0) is 44.6 Å². The van der Waals surface area contributed by atoms with Crippen LogP contribution in [0.5, 0.6) is 11.5 Å². The minimum atomic E-state index is -0.266. The molecule has 0 saturated heterocycles. The maximum Gasteiger partial charge on any atom is 0.179 e. The van der Waals surface area contributed by atoms with Crippen molar-refractivity contribution in [2.24, 2.45) is 5.73 Å². The minimum Gasteiger partial charge on any atom is -0.493 e. The molecule has 6 heteroatoms. The molecule has 0 spiro atoms. The van der Waals surface area contributed by atoms with E-state index in [1.807, 2.05) is 16.8 Å². The van der Waals surface area contributed by atoms with Gasteiger partial charge in [0.25, 0.3) is 0 Å². The highest BCUT2D eigenvalue weighted by atomic mass is 79.9. The highest BCUT2D eigenvalue weighted by Gasteiger charge is 2.18. The van der Waals surface area contributed by atoms with E-state index in [9.17, 15) is 0 Å². The summed E-state index contributed by atoms with van der Waals surface area (Å²) in [7, 11) is 3.13. The van der Waals surface area contributed by atoms with Gasteiger partial charge in [0, 0.05) is 9.85 Å². The molecule has 0 saturated carbocycles. The molecule has 2 N–H and O–H groups in total. The molecule has 0 radical (unpaired) electrons. The largest absolute Gasteiger partial charge is 0.493 e. The first-order valence-electron chi connectivity index (χ1n) is 5.47. The van der Waals surface area contributed by atoms with Gasteiger partial charge >= 0.3 is 0 Å². The van der Waals surface area contributed by atoms with Gasteiger partial charge in [0.1, 0.15) is 0 Å². The van der Waals surface area contributed by atoms with Crippen LogP contribution in [-0.4, -0.2) is 14.2 Å². The molecule has 19 heavy (non-hydrogen) atoms. The summed E-state index contributed by atoms with van der Waals surface area (Å²) in [6.07, 6.45) is 0. The standard InChI is InChI=1S/C13H13BrClNO2S/c1-17-11-4-7(3-10(15)13(11)18-2)12(16)8-5-19-6-9(8)14/h3-6,12H,16H2,1-2H3. The van der Waals surface area contributed by atoms with E-state index in [1.165, 1.54) is 0 Å². The van der Waals surface area contributed by atoms with Gasteiger partial charge in [0.2, 0.25) is 0 Å². The Labute approximate surface area is 129 Å². The van der Waals surface area contributed by atoms with E-state index in [2.05, 4.69) is 15.9 Å². The zero-order valence-corrected chi connectivity index (χ0v) is 13.6. The Morgan fingerprint density at radius 2 is 2.00 bits per heavy atom. The first kappa shape index (κ1) is 14.7. The van der Waals surface area contributed by atoms with Gasteiger partial charge in [-0.3, -0.25) is 0 Å². The van der Waals surface area contributed by atoms with Crippen molar-refractivity contribution in [3.05, 3.63) is 43.5 Å². The van der Waals surface area contributed by atoms with Gasteiger partial charge in [-0.15, -0.1) is 0 Å². The molecule has 0 aliphatic rings. The number of hydrogen-bond acceptors (Lipinski definition) is 4. The molecule has 0 aliphatic carbocycles. The molecule has 1 aromatic heterocycles. The van der Waals surface area contributed by atoms with Crippen LogP contribution in [0.4, 0.5) is 0 Å². The molecule has 1 heterocycles. The summed E-state index contributed by atoms with van der Waals surface area (Å²) in [6, 6.07) is 3.38. The average molecular weight is 363 g/mol. The molecule has 3 nitrogen and oxygen atoms in total. The molecule has 0 bridgehead atoms. The van der Waals surface area contributed by atoms with Crippen LogP contribution in [0.15, 0.2) is 27.4 Å². The molecule has 1 unspecified atom stereocenters. The zero-order valence-electron chi connectivity index (χ0n) is 10.4. The van der Waals surface area contributed by atoms with Gasteiger partial charge in [0.15, 0.2) is 11.5 Å². The van der Waals surface area contributed by atoms with Crippen LogP contribution in [0.3, 0.4) is 0 Å². The maximum absolute atomic E-state index is 6.27. The van der Waals surface area contributed by atoms with Crippen LogP contribution in [0.1, 0.15) is 17.2 Å². The number of methoxy groups -OCH3 is 2. The smallest absolute Gasteiger partial charge is 0.179 e. The van der Waals surface area contributed by atoms with E-state index < -0.39 is 0 Å². The Bertz CT molecular complexity index is 588. The predicted octanol–water partition coefficient (Wildman–Crippen LogP) is 4.23. The van der Waals surface area contributed by atoms with Crippen molar-refractivity contribution < 1.29 is 9.47 Å². The van der Waals surface area contributed by atoms with E-state index >= 15 is 0 Å². The summed E-state index contributed by atoms with van der Waals surface area (Å²) in [4.78, 5) is 0. The van der Waals surface area contributed by atoms with E-state index in [-0.39, 0.29) is 6.04 Å². The third-order valence-electron chi connectivity index (χ3n) is 2.79. The van der Waals surface area contributed by atoms with E-state index in [4.69, 9.17) is 26.8 Å². The first-order chi connectivity index (χ1) is 9.08. The molecular formula is C13H13BrClNO2S. The molecule has 2 rings (SSSR count). The second-order valence-corrected chi connectivity index (χ2v) is 5.90. The van der Waals surface area contributed by atoms with Crippen LogP contribution in [0.25, 0.3) is 0 Å². The average Bonchev–Trinajstić information content (AvgIpc) is 2.83. The van der Waals surface area contributed by atoms with Crippen LogP contribution in [0.2, 0.25) is 5.02 Å². The van der Waals surface area contributed by atoms with Crippen molar-refractivity contribution >= 4 is 38.9 Å². The molecule has 0 fully saturated rings. The van der Waals surface area contributed by atoms with Crippen molar-refractivity contribution in [1.29, 1.82) is 0 Å². The Balaban J connectivity index is 2.46. The molecule has 0 aliphatic heterocycles. The third kappa shape index (κ3) is 2.89. The molecule has 1 atom stereocenters. The lowest BCUT2D eigenvalue weighted by atomic mass is 10.0. The summed E-state index contributed by atoms with van der Waals surface area (Å²) < 4.78 is 11.5. The van der Waals surface area contributed by atoms with E-state index in [0.717, 1.165) is 15.6 Å². The SMILES string of the molecule is COc1cc(C(N)c2cscc2Br)cc(Cl)c1OC. The summed E-state index contributed by atoms with van der Waals surface area (Å²) in [5.74, 6) is 1.09. The van der Waals surface area contributed by atoms with Crippen molar-refractivity contribution in [3.63, 3.8) is 0 Å². The molecular weight excluding hydrogens is 350 g/mol. The topological polar surface area (TPSA) is 44.5 Å². The number of halogens is 2. The van der Waals surface area contributed by atoms with E-state index in [1.54, 1.807) is 31.6 Å². The minimum absolute atomic E-state index is 0.266. The summed E-state index contributed by atoms with van der Waals surface area (Å²) in [5, 5.41) is 4.50. The van der Waals surface area contributed by atoms with Crippen LogP contribution in [0, 0.1) is 0 Å². The van der Waals surface area contributed by atoms with Gasteiger partial charge < -0.3 is 15.2 Å². The maximum atomic E-state index is 6.27. The lowest BCUT2D eigenvalue weighted by Gasteiger charge is -2.16. The number of thiophene rings is 1. The van der Waals surface area contributed by atoms with Crippen molar-refractivity contribution in [1.82, 2.24) is 0 Å². The van der Waals surface area contributed by atoms with E-state index in [0.29, 0.717) is 16.5 Å². The number of rotatable bonds is 4. The fourth-order valence-electron chi connectivity index (χ4n) is 1.81. The predicted molar refractivity (Wildman–Crippen MR) is 82.6 cm³/mol. The highest BCUT2D eigenvalue weighted by molar-refractivity contribution is 9.10. The van der Waals surface area contributed by atoms with Gasteiger partial charge in [-0.2, -0.15) is 11.3 Å². The first-order valence-corrected chi connectivity index (χ1v) is 7.58. The summed E-state index contributed by atoms with van der Waals surface area (Å²) in [6.45, 7) is 0. The number of nitrogens with two attached hydrogens (primary N) is 1. The van der Waals surface area contributed by atoms with Crippen molar-refractivity contribution in [2.45, 2.75) is 6.04 Å². The third-order valence-corrected chi connectivity index (χ3v) is 4.82. The number of benzene rings is 1. The molecule has 0 amide bonds. The van der Waals surface area contributed by atoms with Crippen LogP contribution >= 0.6 is 38.9 Å². The Morgan fingerprint density at radius 3 is 2.53 bits per heavy atom. The normalized spacial score (nSPS) is 12.3. The molecule has 102 valence electrons. The fraction of sp³-hybridized carbons (Fsp3) is 0.231. The van der Waals surface area contributed by atoms with Crippen molar-refractivity contribution in [3.8, 4) is 11.5 Å². The van der Waals surface area contributed by atoms with Crippen LogP contribution < -0.4 is 15.2 Å². The fourth-order valence-corrected chi connectivity index (χ4v) is 3.69. The van der Waals surface area contributed by atoms with Gasteiger partial charge in [0.05, 0.1) is 25.3 Å².